The average Bonchev–Trinajstić information content (AvgIpc) is 2.28. The van der Waals surface area contributed by atoms with Gasteiger partial charge < -0.3 is 10.1 Å². The van der Waals surface area contributed by atoms with Gasteiger partial charge in [-0.15, -0.1) is 0 Å². The van der Waals surface area contributed by atoms with E-state index in [2.05, 4.69) is 37.9 Å². The molecule has 0 radical (unpaired) electrons. The van der Waals surface area contributed by atoms with Crippen LogP contribution in [0.5, 0.6) is 0 Å². The van der Waals surface area contributed by atoms with Gasteiger partial charge in [-0.05, 0) is 11.8 Å². The monoisotopic (exact) mass is 242 g/mol. The molecule has 1 heterocycles. The van der Waals surface area contributed by atoms with Gasteiger partial charge in [0.05, 0.1) is 6.61 Å². The third kappa shape index (κ3) is 4.57. The predicted molar refractivity (Wildman–Crippen MR) is 73.4 cm³/mol. The average molecular weight is 242 g/mol. The van der Waals surface area contributed by atoms with Gasteiger partial charge in [-0.1, -0.05) is 34.1 Å². The first kappa shape index (κ1) is 14.9. The van der Waals surface area contributed by atoms with E-state index in [0.717, 1.165) is 26.2 Å². The van der Waals surface area contributed by atoms with E-state index in [0.29, 0.717) is 17.5 Å². The number of hydrogen-bond donors (Lipinski definition) is 1. The fourth-order valence-corrected chi connectivity index (χ4v) is 2.58. The fourth-order valence-electron chi connectivity index (χ4n) is 2.58. The molecular weight excluding hydrogens is 212 g/mol. The molecule has 1 saturated heterocycles. The van der Waals surface area contributed by atoms with Gasteiger partial charge in [0.25, 0.3) is 0 Å². The lowest BCUT2D eigenvalue weighted by atomic mass is 9.85. The standard InChI is InChI=1S/C14H30N2O/c1-6-7-12(11-17-5)16-9-8-15-13(10-16)14(2,3)4/h12-13,15H,6-11H2,1-5H3. The molecule has 0 bridgehead atoms. The van der Waals surface area contributed by atoms with Crippen LogP contribution in [0.25, 0.3) is 0 Å². The first-order chi connectivity index (χ1) is 7.99. The molecule has 102 valence electrons. The summed E-state index contributed by atoms with van der Waals surface area (Å²) in [5, 5.41) is 3.65. The van der Waals surface area contributed by atoms with Gasteiger partial charge in [-0.25, -0.2) is 0 Å². The van der Waals surface area contributed by atoms with Crippen LogP contribution >= 0.6 is 0 Å². The van der Waals surface area contributed by atoms with E-state index in [-0.39, 0.29) is 0 Å². The van der Waals surface area contributed by atoms with Crippen LogP contribution in [0.3, 0.4) is 0 Å². The van der Waals surface area contributed by atoms with Gasteiger partial charge >= 0.3 is 0 Å². The smallest absolute Gasteiger partial charge is 0.0618 e. The van der Waals surface area contributed by atoms with Gasteiger partial charge in [0.1, 0.15) is 0 Å². The molecule has 2 atom stereocenters. The van der Waals surface area contributed by atoms with Crippen LogP contribution in [0.4, 0.5) is 0 Å². The molecule has 1 aliphatic heterocycles. The van der Waals surface area contributed by atoms with Gasteiger partial charge in [-0.3, -0.25) is 4.90 Å². The molecule has 2 unspecified atom stereocenters. The largest absolute Gasteiger partial charge is 0.383 e. The van der Waals surface area contributed by atoms with Gasteiger partial charge in [0.15, 0.2) is 0 Å². The molecule has 3 heteroatoms. The lowest BCUT2D eigenvalue weighted by Gasteiger charge is -2.43. The summed E-state index contributed by atoms with van der Waals surface area (Å²) in [7, 11) is 1.81. The highest BCUT2D eigenvalue weighted by atomic mass is 16.5. The van der Waals surface area contributed by atoms with Crippen LogP contribution in [0.1, 0.15) is 40.5 Å². The highest BCUT2D eigenvalue weighted by Crippen LogP contribution is 2.23. The molecule has 3 nitrogen and oxygen atoms in total. The highest BCUT2D eigenvalue weighted by molar-refractivity contribution is 4.89. The van der Waals surface area contributed by atoms with Crippen LogP contribution < -0.4 is 5.32 Å². The topological polar surface area (TPSA) is 24.5 Å². The van der Waals surface area contributed by atoms with Crippen molar-refractivity contribution < 1.29 is 4.74 Å². The van der Waals surface area contributed by atoms with Crippen LogP contribution in [-0.2, 0) is 4.74 Å². The van der Waals surface area contributed by atoms with Gasteiger partial charge in [0, 0.05) is 38.8 Å². The van der Waals surface area contributed by atoms with E-state index < -0.39 is 0 Å². The molecule has 0 aromatic rings. The van der Waals surface area contributed by atoms with E-state index in [4.69, 9.17) is 4.74 Å². The molecule has 0 aliphatic carbocycles. The van der Waals surface area contributed by atoms with Crippen LogP contribution in [0, 0.1) is 5.41 Å². The number of rotatable bonds is 5. The molecule has 1 aliphatic rings. The first-order valence-corrected chi connectivity index (χ1v) is 6.95. The Hall–Kier alpha value is -0.120. The lowest BCUT2D eigenvalue weighted by Crippen LogP contribution is -2.58. The summed E-state index contributed by atoms with van der Waals surface area (Å²) in [5.41, 5.74) is 0.336. The van der Waals surface area contributed by atoms with Crippen molar-refractivity contribution in [2.24, 2.45) is 5.41 Å². The van der Waals surface area contributed by atoms with E-state index >= 15 is 0 Å². The Balaban J connectivity index is 2.57. The number of methoxy groups -OCH3 is 1. The second kappa shape index (κ2) is 6.72. The number of nitrogens with zero attached hydrogens (tertiary/aromatic N) is 1. The third-order valence-corrected chi connectivity index (χ3v) is 3.75. The molecule has 1 N–H and O–H groups in total. The van der Waals surface area contributed by atoms with Crippen molar-refractivity contribution in [1.82, 2.24) is 10.2 Å². The highest BCUT2D eigenvalue weighted by Gasteiger charge is 2.31. The molecule has 0 aromatic heterocycles. The summed E-state index contributed by atoms with van der Waals surface area (Å²) >= 11 is 0. The Morgan fingerprint density at radius 1 is 1.41 bits per heavy atom. The Morgan fingerprint density at radius 2 is 2.12 bits per heavy atom. The minimum Gasteiger partial charge on any atom is -0.383 e. The lowest BCUT2D eigenvalue weighted by molar-refractivity contribution is 0.0463. The van der Waals surface area contributed by atoms with E-state index in [1.165, 1.54) is 12.8 Å². The second-order valence-electron chi connectivity index (χ2n) is 6.27. The van der Waals surface area contributed by atoms with Crippen molar-refractivity contribution >= 4 is 0 Å². The Morgan fingerprint density at radius 3 is 2.65 bits per heavy atom. The van der Waals surface area contributed by atoms with Crippen molar-refractivity contribution in [2.75, 3.05) is 33.4 Å². The maximum Gasteiger partial charge on any atom is 0.0618 e. The molecule has 0 spiro atoms. The third-order valence-electron chi connectivity index (χ3n) is 3.75. The summed E-state index contributed by atoms with van der Waals surface area (Å²) in [5.74, 6) is 0. The van der Waals surface area contributed by atoms with Crippen LogP contribution in [0.2, 0.25) is 0 Å². The molecule has 0 saturated carbocycles. The van der Waals surface area contributed by atoms with Crippen molar-refractivity contribution in [1.29, 1.82) is 0 Å². The SMILES string of the molecule is CCCC(COC)N1CCNC(C(C)(C)C)C1. The van der Waals surface area contributed by atoms with Crippen molar-refractivity contribution in [3.8, 4) is 0 Å². The summed E-state index contributed by atoms with van der Waals surface area (Å²) in [4.78, 5) is 2.61. The van der Waals surface area contributed by atoms with Crippen molar-refractivity contribution in [2.45, 2.75) is 52.6 Å². The Labute approximate surface area is 107 Å². The minimum absolute atomic E-state index is 0.336. The summed E-state index contributed by atoms with van der Waals surface area (Å²) < 4.78 is 5.37. The quantitative estimate of drug-likeness (QED) is 0.799. The maximum atomic E-state index is 5.37. The number of piperazine rings is 1. The van der Waals surface area contributed by atoms with Gasteiger partial charge in [-0.2, -0.15) is 0 Å². The molecule has 1 rings (SSSR count). The van der Waals surface area contributed by atoms with Crippen molar-refractivity contribution in [3.63, 3.8) is 0 Å². The van der Waals surface area contributed by atoms with E-state index in [1.54, 1.807) is 0 Å². The minimum atomic E-state index is 0.336. The first-order valence-electron chi connectivity index (χ1n) is 6.95. The Bertz CT molecular complexity index is 207. The molecule has 17 heavy (non-hydrogen) atoms. The summed E-state index contributed by atoms with van der Waals surface area (Å²) in [6.07, 6.45) is 2.48. The van der Waals surface area contributed by atoms with E-state index in [9.17, 15) is 0 Å². The second-order valence-corrected chi connectivity index (χ2v) is 6.27. The summed E-state index contributed by atoms with van der Waals surface area (Å²) in [6.45, 7) is 13.5. The Kier molecular flexibility index (Phi) is 5.90. The zero-order chi connectivity index (χ0) is 12.9. The predicted octanol–water partition coefficient (Wildman–Crippen LogP) is 2.12. The van der Waals surface area contributed by atoms with Crippen molar-refractivity contribution in [3.05, 3.63) is 0 Å². The zero-order valence-corrected chi connectivity index (χ0v) is 12.3. The fraction of sp³-hybridized carbons (Fsp3) is 1.00. The number of hydrogen-bond acceptors (Lipinski definition) is 3. The number of ether oxygens (including phenoxy) is 1. The number of nitrogens with one attached hydrogen (secondary N) is 1. The normalized spacial score (nSPS) is 24.9. The molecule has 0 aromatic carbocycles. The maximum absolute atomic E-state index is 5.37. The molecule has 1 fully saturated rings. The van der Waals surface area contributed by atoms with Gasteiger partial charge in [0.2, 0.25) is 0 Å². The van der Waals surface area contributed by atoms with Crippen LogP contribution in [-0.4, -0.2) is 50.3 Å². The molecule has 0 amide bonds. The van der Waals surface area contributed by atoms with Crippen LogP contribution in [0.15, 0.2) is 0 Å². The van der Waals surface area contributed by atoms with E-state index in [1.807, 2.05) is 7.11 Å². The molecular formula is C14H30N2O. The zero-order valence-electron chi connectivity index (χ0n) is 12.3. The summed E-state index contributed by atoms with van der Waals surface area (Å²) in [6, 6.07) is 1.18.